The first-order chi connectivity index (χ1) is 8.64. The predicted octanol–water partition coefficient (Wildman–Crippen LogP) is 2.57. The predicted molar refractivity (Wildman–Crippen MR) is 68.5 cm³/mol. The number of fused-ring (bicyclic) bond motifs is 2. The lowest BCUT2D eigenvalue weighted by Gasteiger charge is -2.38. The minimum absolute atomic E-state index is 0.0824. The highest BCUT2D eigenvalue weighted by Gasteiger charge is 2.47. The summed E-state index contributed by atoms with van der Waals surface area (Å²) >= 11 is 0. The zero-order valence-corrected chi connectivity index (χ0v) is 11.2. The average molecular weight is 246 g/mol. The second-order valence-corrected chi connectivity index (χ2v) is 6.67. The molecule has 0 aromatic carbocycles. The van der Waals surface area contributed by atoms with Crippen molar-refractivity contribution in [1.29, 1.82) is 5.26 Å². The Morgan fingerprint density at radius 3 is 2.61 bits per heavy atom. The number of nitrogens with zero attached hydrogens (tertiary/aromatic N) is 2. The summed E-state index contributed by atoms with van der Waals surface area (Å²) in [5.74, 6) is 2.56. The first-order valence-electron chi connectivity index (χ1n) is 7.31. The minimum Gasteiger partial charge on any atom is -0.344 e. The van der Waals surface area contributed by atoms with Crippen molar-refractivity contribution in [2.75, 3.05) is 13.6 Å². The highest BCUT2D eigenvalue weighted by molar-refractivity contribution is 5.86. The van der Waals surface area contributed by atoms with Gasteiger partial charge in [-0.25, -0.2) is 0 Å². The molecule has 18 heavy (non-hydrogen) atoms. The van der Waals surface area contributed by atoms with Gasteiger partial charge in [0.05, 0.1) is 6.07 Å². The van der Waals surface area contributed by atoms with Crippen LogP contribution in [-0.2, 0) is 4.79 Å². The van der Waals surface area contributed by atoms with E-state index in [2.05, 4.69) is 6.07 Å². The van der Waals surface area contributed by atoms with Gasteiger partial charge in [0.15, 0.2) is 0 Å². The van der Waals surface area contributed by atoms with E-state index < -0.39 is 5.41 Å². The number of carbonyl (C=O) groups excluding carboxylic acids is 1. The zero-order chi connectivity index (χ0) is 12.8. The van der Waals surface area contributed by atoms with Crippen LogP contribution in [0, 0.1) is 34.5 Å². The summed E-state index contributed by atoms with van der Waals surface area (Å²) in [6, 6.07) is 2.26. The first-order valence-corrected chi connectivity index (χ1v) is 7.31. The molecular formula is C15H22N2O. The molecule has 0 N–H and O–H groups in total. The van der Waals surface area contributed by atoms with Gasteiger partial charge < -0.3 is 4.90 Å². The summed E-state index contributed by atoms with van der Waals surface area (Å²) in [6.07, 6.45) is 8.02. The van der Waals surface area contributed by atoms with Crippen LogP contribution >= 0.6 is 0 Å². The molecule has 2 bridgehead atoms. The third-order valence-electron chi connectivity index (χ3n) is 5.57. The Morgan fingerprint density at radius 1 is 1.39 bits per heavy atom. The van der Waals surface area contributed by atoms with Crippen molar-refractivity contribution in [3.8, 4) is 6.07 Å². The fraction of sp³-hybridized carbons (Fsp3) is 0.867. The molecule has 0 aliphatic heterocycles. The van der Waals surface area contributed by atoms with Crippen molar-refractivity contribution in [2.45, 2.75) is 44.9 Å². The second-order valence-electron chi connectivity index (χ2n) is 6.67. The van der Waals surface area contributed by atoms with Crippen LogP contribution < -0.4 is 0 Å². The van der Waals surface area contributed by atoms with Crippen molar-refractivity contribution >= 4 is 5.91 Å². The number of carbonyl (C=O) groups is 1. The molecule has 0 aromatic heterocycles. The summed E-state index contributed by atoms with van der Waals surface area (Å²) in [7, 11) is 1.89. The first kappa shape index (κ1) is 12.0. The molecule has 3 heteroatoms. The van der Waals surface area contributed by atoms with Crippen LogP contribution in [0.4, 0.5) is 0 Å². The molecule has 3 rings (SSSR count). The van der Waals surface area contributed by atoms with Gasteiger partial charge in [-0.3, -0.25) is 4.79 Å². The van der Waals surface area contributed by atoms with Crippen LogP contribution in [0.15, 0.2) is 0 Å². The third-order valence-corrected chi connectivity index (χ3v) is 5.57. The van der Waals surface area contributed by atoms with Crippen LogP contribution in [0.5, 0.6) is 0 Å². The van der Waals surface area contributed by atoms with E-state index in [1.165, 1.54) is 25.7 Å². The number of hydrogen-bond donors (Lipinski definition) is 0. The van der Waals surface area contributed by atoms with Crippen molar-refractivity contribution in [3.05, 3.63) is 0 Å². The molecule has 0 saturated heterocycles. The van der Waals surface area contributed by atoms with E-state index in [-0.39, 0.29) is 5.91 Å². The van der Waals surface area contributed by atoms with E-state index in [0.717, 1.165) is 37.6 Å². The number of rotatable bonds is 3. The van der Waals surface area contributed by atoms with E-state index in [0.29, 0.717) is 5.92 Å². The van der Waals surface area contributed by atoms with E-state index in [1.54, 1.807) is 0 Å². The molecule has 3 aliphatic rings. The van der Waals surface area contributed by atoms with Gasteiger partial charge in [-0.2, -0.15) is 5.26 Å². The standard InChI is InChI=1S/C15H22N2O/c1-17(14(18)15(10-16)5-2-6-15)9-13-8-11-3-4-12(13)7-11/h11-13H,2-9H2,1H3. The molecule has 3 fully saturated rings. The summed E-state index contributed by atoms with van der Waals surface area (Å²) in [5.41, 5.74) is -0.660. The summed E-state index contributed by atoms with van der Waals surface area (Å²) in [4.78, 5) is 14.2. The third kappa shape index (κ3) is 1.74. The van der Waals surface area contributed by atoms with Gasteiger partial charge in [0.25, 0.3) is 0 Å². The van der Waals surface area contributed by atoms with Gasteiger partial charge in [0.1, 0.15) is 5.41 Å². The number of amides is 1. The summed E-state index contributed by atoms with van der Waals surface area (Å²) in [6.45, 7) is 0.878. The SMILES string of the molecule is CN(CC1CC2CCC1C2)C(=O)C1(C#N)CCC1. The quantitative estimate of drug-likeness (QED) is 0.768. The maximum atomic E-state index is 12.4. The van der Waals surface area contributed by atoms with Crippen LogP contribution in [0.25, 0.3) is 0 Å². The van der Waals surface area contributed by atoms with E-state index in [4.69, 9.17) is 0 Å². The normalized spacial score (nSPS) is 35.9. The van der Waals surface area contributed by atoms with Gasteiger partial charge in [-0.1, -0.05) is 6.42 Å². The number of hydrogen-bond acceptors (Lipinski definition) is 2. The maximum Gasteiger partial charge on any atom is 0.242 e. The van der Waals surface area contributed by atoms with E-state index in [1.807, 2.05) is 11.9 Å². The van der Waals surface area contributed by atoms with Crippen molar-refractivity contribution in [1.82, 2.24) is 4.90 Å². The van der Waals surface area contributed by atoms with Crippen molar-refractivity contribution < 1.29 is 4.79 Å². The molecule has 3 aliphatic carbocycles. The van der Waals surface area contributed by atoms with Gasteiger partial charge >= 0.3 is 0 Å². The Hall–Kier alpha value is -1.04. The molecule has 3 nitrogen and oxygen atoms in total. The highest BCUT2D eigenvalue weighted by atomic mass is 16.2. The van der Waals surface area contributed by atoms with Crippen molar-refractivity contribution in [3.63, 3.8) is 0 Å². The molecule has 3 atom stereocenters. The Labute approximate surface area is 109 Å². The van der Waals surface area contributed by atoms with Gasteiger partial charge in [0, 0.05) is 13.6 Å². The molecule has 98 valence electrons. The van der Waals surface area contributed by atoms with E-state index in [9.17, 15) is 10.1 Å². The molecule has 1 amide bonds. The topological polar surface area (TPSA) is 44.1 Å². The molecule has 3 saturated carbocycles. The Morgan fingerprint density at radius 2 is 2.17 bits per heavy atom. The molecular weight excluding hydrogens is 224 g/mol. The minimum atomic E-state index is -0.660. The molecule has 0 heterocycles. The van der Waals surface area contributed by atoms with Crippen LogP contribution in [-0.4, -0.2) is 24.4 Å². The Bertz CT molecular complexity index is 394. The largest absolute Gasteiger partial charge is 0.344 e. The van der Waals surface area contributed by atoms with Crippen LogP contribution in [0.3, 0.4) is 0 Å². The Balaban J connectivity index is 1.60. The Kier molecular flexibility index (Phi) is 2.84. The molecule has 0 aromatic rings. The second kappa shape index (κ2) is 4.26. The number of nitriles is 1. The lowest BCUT2D eigenvalue weighted by Crippen LogP contribution is -2.47. The average Bonchev–Trinajstić information content (AvgIpc) is 2.90. The fourth-order valence-electron chi connectivity index (χ4n) is 4.30. The monoisotopic (exact) mass is 246 g/mol. The summed E-state index contributed by atoms with van der Waals surface area (Å²) in [5, 5.41) is 9.22. The van der Waals surface area contributed by atoms with Gasteiger partial charge in [0.2, 0.25) is 5.91 Å². The smallest absolute Gasteiger partial charge is 0.242 e. The molecule has 3 unspecified atom stereocenters. The summed E-state index contributed by atoms with van der Waals surface area (Å²) < 4.78 is 0. The fourth-order valence-corrected chi connectivity index (χ4v) is 4.30. The molecule has 0 radical (unpaired) electrons. The van der Waals surface area contributed by atoms with Crippen LogP contribution in [0.2, 0.25) is 0 Å². The van der Waals surface area contributed by atoms with Crippen molar-refractivity contribution in [2.24, 2.45) is 23.2 Å². The maximum absolute atomic E-state index is 12.4. The van der Waals surface area contributed by atoms with Crippen LogP contribution in [0.1, 0.15) is 44.9 Å². The lowest BCUT2D eigenvalue weighted by atomic mass is 9.69. The highest BCUT2D eigenvalue weighted by Crippen LogP contribution is 2.49. The van der Waals surface area contributed by atoms with Gasteiger partial charge in [-0.05, 0) is 56.3 Å². The zero-order valence-electron chi connectivity index (χ0n) is 11.2. The van der Waals surface area contributed by atoms with E-state index >= 15 is 0 Å². The lowest BCUT2D eigenvalue weighted by molar-refractivity contribution is -0.142. The molecule has 0 spiro atoms. The van der Waals surface area contributed by atoms with Gasteiger partial charge in [-0.15, -0.1) is 0 Å².